The molecule has 0 aromatic rings. The largest absolute Gasteiger partial charge is 0.370 e. The Balaban J connectivity index is 2.19. The topological polar surface area (TPSA) is 50.4 Å². The van der Waals surface area contributed by atoms with Gasteiger partial charge < -0.3 is 11.1 Å². The summed E-state index contributed by atoms with van der Waals surface area (Å²) in [7, 11) is 0. The van der Waals surface area contributed by atoms with Crippen LogP contribution in [0.2, 0.25) is 0 Å². The second-order valence-electron chi connectivity index (χ2n) is 4.84. The predicted molar refractivity (Wildman–Crippen MR) is 69.4 cm³/mol. The van der Waals surface area contributed by atoms with Crippen molar-refractivity contribution in [3.8, 4) is 0 Å². The van der Waals surface area contributed by atoms with Gasteiger partial charge in [0.1, 0.15) is 0 Å². The van der Waals surface area contributed by atoms with Gasteiger partial charge in [-0.25, -0.2) is 0 Å². The molecule has 0 atom stereocenters. The summed E-state index contributed by atoms with van der Waals surface area (Å²) in [6.07, 6.45) is 6.17. The molecular formula is C11H23N3S. The molecule has 15 heavy (non-hydrogen) atoms. The van der Waals surface area contributed by atoms with Gasteiger partial charge in [-0.1, -0.05) is 6.42 Å². The Labute approximate surface area is 97.3 Å². The van der Waals surface area contributed by atoms with E-state index in [9.17, 15) is 0 Å². The molecule has 0 bridgehead atoms. The SMILES string of the molecule is CSC(C)(C)CN=C(N)NCC1CCC1. The molecule has 0 radical (unpaired) electrons. The first-order valence-corrected chi connectivity index (χ1v) is 6.85. The number of guanidine groups is 1. The summed E-state index contributed by atoms with van der Waals surface area (Å²) in [4.78, 5) is 4.36. The van der Waals surface area contributed by atoms with Gasteiger partial charge in [0.2, 0.25) is 0 Å². The Kier molecular flexibility index (Phi) is 4.77. The molecule has 0 aromatic carbocycles. The summed E-state index contributed by atoms with van der Waals surface area (Å²) in [6.45, 7) is 6.13. The summed E-state index contributed by atoms with van der Waals surface area (Å²) in [5.74, 6) is 1.43. The molecule has 0 unspecified atom stereocenters. The van der Waals surface area contributed by atoms with Crippen molar-refractivity contribution in [1.82, 2.24) is 5.32 Å². The van der Waals surface area contributed by atoms with E-state index in [2.05, 4.69) is 30.4 Å². The van der Waals surface area contributed by atoms with Gasteiger partial charge in [-0.05, 0) is 38.9 Å². The van der Waals surface area contributed by atoms with E-state index in [1.807, 2.05) is 11.8 Å². The van der Waals surface area contributed by atoms with Crippen LogP contribution in [0, 0.1) is 5.92 Å². The van der Waals surface area contributed by atoms with Crippen molar-refractivity contribution < 1.29 is 0 Å². The van der Waals surface area contributed by atoms with Gasteiger partial charge in [0, 0.05) is 11.3 Å². The fourth-order valence-electron chi connectivity index (χ4n) is 1.34. The number of nitrogens with zero attached hydrogens (tertiary/aromatic N) is 1. The summed E-state index contributed by atoms with van der Waals surface area (Å²) in [5.41, 5.74) is 5.79. The van der Waals surface area contributed by atoms with Crippen molar-refractivity contribution in [2.75, 3.05) is 19.3 Å². The minimum absolute atomic E-state index is 0.183. The standard InChI is InChI=1S/C11H23N3S/c1-11(2,15-3)8-14-10(12)13-7-9-5-4-6-9/h9H,4-8H2,1-3H3,(H3,12,13,14). The maximum atomic E-state index is 5.79. The normalized spacial score (nSPS) is 18.7. The molecular weight excluding hydrogens is 206 g/mol. The monoisotopic (exact) mass is 229 g/mol. The van der Waals surface area contributed by atoms with Crippen LogP contribution < -0.4 is 11.1 Å². The average Bonchev–Trinajstić information content (AvgIpc) is 2.13. The second kappa shape index (κ2) is 5.64. The molecule has 3 N–H and O–H groups in total. The lowest BCUT2D eigenvalue weighted by Crippen LogP contribution is -2.38. The predicted octanol–water partition coefficient (Wildman–Crippen LogP) is 1.83. The molecule has 1 saturated carbocycles. The van der Waals surface area contributed by atoms with Gasteiger partial charge >= 0.3 is 0 Å². The lowest BCUT2D eigenvalue weighted by atomic mass is 9.85. The van der Waals surface area contributed by atoms with Crippen LogP contribution in [-0.2, 0) is 0 Å². The van der Waals surface area contributed by atoms with Crippen molar-refractivity contribution in [3.05, 3.63) is 0 Å². The molecule has 1 aliphatic carbocycles. The first-order chi connectivity index (χ1) is 7.03. The average molecular weight is 229 g/mol. The van der Waals surface area contributed by atoms with Crippen LogP contribution in [-0.4, -0.2) is 30.1 Å². The molecule has 0 spiro atoms. The highest BCUT2D eigenvalue weighted by Crippen LogP contribution is 2.25. The number of rotatable bonds is 5. The molecule has 1 fully saturated rings. The van der Waals surface area contributed by atoms with E-state index in [0.717, 1.165) is 19.0 Å². The third-order valence-electron chi connectivity index (χ3n) is 2.98. The summed E-state index contributed by atoms with van der Waals surface area (Å²) in [5, 5.41) is 3.20. The third-order valence-corrected chi connectivity index (χ3v) is 4.21. The van der Waals surface area contributed by atoms with Crippen LogP contribution >= 0.6 is 11.8 Å². The van der Waals surface area contributed by atoms with Crippen molar-refractivity contribution in [2.45, 2.75) is 37.9 Å². The van der Waals surface area contributed by atoms with Crippen molar-refractivity contribution >= 4 is 17.7 Å². The van der Waals surface area contributed by atoms with Crippen LogP contribution in [0.4, 0.5) is 0 Å². The molecule has 0 amide bonds. The second-order valence-corrected chi connectivity index (χ2v) is 6.36. The maximum Gasteiger partial charge on any atom is 0.188 e. The zero-order valence-electron chi connectivity index (χ0n) is 10.0. The highest BCUT2D eigenvalue weighted by atomic mass is 32.2. The molecule has 0 saturated heterocycles. The number of hydrogen-bond donors (Lipinski definition) is 2. The summed E-state index contributed by atoms with van der Waals surface area (Å²) >= 11 is 1.82. The van der Waals surface area contributed by atoms with Crippen molar-refractivity contribution in [3.63, 3.8) is 0 Å². The Morgan fingerprint density at radius 2 is 2.20 bits per heavy atom. The fraction of sp³-hybridized carbons (Fsp3) is 0.909. The van der Waals surface area contributed by atoms with E-state index in [1.54, 1.807) is 0 Å². The molecule has 1 aliphatic rings. The number of aliphatic imine (C=N–C) groups is 1. The molecule has 4 heteroatoms. The smallest absolute Gasteiger partial charge is 0.188 e. The number of hydrogen-bond acceptors (Lipinski definition) is 2. The van der Waals surface area contributed by atoms with Crippen molar-refractivity contribution in [1.29, 1.82) is 0 Å². The van der Waals surface area contributed by atoms with Crippen LogP contribution in [0.5, 0.6) is 0 Å². The highest BCUT2D eigenvalue weighted by Gasteiger charge is 2.17. The molecule has 88 valence electrons. The van der Waals surface area contributed by atoms with E-state index in [1.165, 1.54) is 19.3 Å². The van der Waals surface area contributed by atoms with Gasteiger partial charge in [0.05, 0.1) is 6.54 Å². The van der Waals surface area contributed by atoms with Crippen LogP contribution in [0.3, 0.4) is 0 Å². The summed E-state index contributed by atoms with van der Waals surface area (Å²) < 4.78 is 0.183. The lowest BCUT2D eigenvalue weighted by Gasteiger charge is -2.25. The Morgan fingerprint density at radius 3 is 2.67 bits per heavy atom. The number of thioether (sulfide) groups is 1. The Morgan fingerprint density at radius 1 is 1.53 bits per heavy atom. The van der Waals surface area contributed by atoms with Crippen molar-refractivity contribution in [2.24, 2.45) is 16.6 Å². The lowest BCUT2D eigenvalue weighted by molar-refractivity contribution is 0.315. The molecule has 0 aliphatic heterocycles. The van der Waals surface area contributed by atoms with Gasteiger partial charge in [0.25, 0.3) is 0 Å². The number of nitrogens with two attached hydrogens (primary N) is 1. The van der Waals surface area contributed by atoms with Gasteiger partial charge in [-0.15, -0.1) is 0 Å². The van der Waals surface area contributed by atoms with E-state index >= 15 is 0 Å². The van der Waals surface area contributed by atoms with Crippen LogP contribution in [0.15, 0.2) is 4.99 Å². The summed E-state index contributed by atoms with van der Waals surface area (Å²) in [6, 6.07) is 0. The van der Waals surface area contributed by atoms with Crippen LogP contribution in [0.1, 0.15) is 33.1 Å². The minimum Gasteiger partial charge on any atom is -0.370 e. The van der Waals surface area contributed by atoms with Gasteiger partial charge in [-0.3, -0.25) is 4.99 Å². The molecule has 0 heterocycles. The van der Waals surface area contributed by atoms with Gasteiger partial charge in [0.15, 0.2) is 5.96 Å². The number of nitrogens with one attached hydrogen (secondary N) is 1. The third kappa shape index (κ3) is 4.78. The maximum absolute atomic E-state index is 5.79. The first-order valence-electron chi connectivity index (χ1n) is 5.62. The van der Waals surface area contributed by atoms with E-state index in [4.69, 9.17) is 5.73 Å². The molecule has 0 aromatic heterocycles. The fourth-order valence-corrected chi connectivity index (χ4v) is 1.54. The van der Waals surface area contributed by atoms with Crippen LogP contribution in [0.25, 0.3) is 0 Å². The molecule has 1 rings (SSSR count). The van der Waals surface area contributed by atoms with E-state index in [-0.39, 0.29) is 4.75 Å². The zero-order chi connectivity index (χ0) is 11.3. The minimum atomic E-state index is 0.183. The Hall–Kier alpha value is -0.380. The molecule has 3 nitrogen and oxygen atoms in total. The highest BCUT2D eigenvalue weighted by molar-refractivity contribution is 7.99. The Bertz CT molecular complexity index is 222. The van der Waals surface area contributed by atoms with Gasteiger partial charge in [-0.2, -0.15) is 11.8 Å². The van der Waals surface area contributed by atoms with E-state index < -0.39 is 0 Å². The quantitative estimate of drug-likeness (QED) is 0.558. The first kappa shape index (κ1) is 12.7. The zero-order valence-corrected chi connectivity index (χ0v) is 10.9. The van der Waals surface area contributed by atoms with E-state index in [0.29, 0.717) is 5.96 Å².